The van der Waals surface area contributed by atoms with Crippen molar-refractivity contribution in [1.82, 2.24) is 19.7 Å². The van der Waals surface area contributed by atoms with Crippen molar-refractivity contribution < 1.29 is 9.72 Å². The molecule has 10 nitrogen and oxygen atoms in total. The van der Waals surface area contributed by atoms with E-state index in [0.29, 0.717) is 6.54 Å². The number of hydrogen-bond acceptors (Lipinski definition) is 7. The average molecular weight is 291 g/mol. The molecule has 3 N–H and O–H groups in total. The average Bonchev–Trinajstić information content (AvgIpc) is 2.87. The zero-order valence-electron chi connectivity index (χ0n) is 11.4. The number of nitrogens with two attached hydrogens (primary N) is 1. The Labute approximate surface area is 119 Å². The van der Waals surface area contributed by atoms with Crippen LogP contribution in [0.25, 0.3) is 5.82 Å². The predicted molar refractivity (Wildman–Crippen MR) is 73.2 cm³/mol. The number of aromatic nitrogens is 4. The molecule has 0 aliphatic carbocycles. The van der Waals surface area contributed by atoms with Gasteiger partial charge in [0.25, 0.3) is 5.91 Å². The number of amides is 1. The summed E-state index contributed by atoms with van der Waals surface area (Å²) in [5.74, 6) is -0.517. The predicted octanol–water partition coefficient (Wildman–Crippen LogP) is 0.410. The molecule has 2 aromatic rings. The maximum absolute atomic E-state index is 11.2. The number of nitrogens with one attached hydrogen (secondary N) is 1. The smallest absolute Gasteiger partial charge is 0.334 e. The molecule has 0 bridgehead atoms. The van der Waals surface area contributed by atoms with Crippen LogP contribution in [0.3, 0.4) is 0 Å². The van der Waals surface area contributed by atoms with Crippen molar-refractivity contribution in [3.05, 3.63) is 33.8 Å². The molecule has 0 fully saturated rings. The highest BCUT2D eigenvalue weighted by Crippen LogP contribution is 2.24. The molecule has 0 radical (unpaired) electrons. The van der Waals surface area contributed by atoms with Gasteiger partial charge >= 0.3 is 5.69 Å². The first-order chi connectivity index (χ1) is 9.93. The summed E-state index contributed by atoms with van der Waals surface area (Å²) in [6.45, 7) is 3.91. The fraction of sp³-hybridized carbons (Fsp3) is 0.273. The normalized spacial score (nSPS) is 10.4. The van der Waals surface area contributed by atoms with Crippen LogP contribution >= 0.6 is 0 Å². The van der Waals surface area contributed by atoms with Crippen molar-refractivity contribution in [3.8, 4) is 5.82 Å². The first-order valence-electron chi connectivity index (χ1n) is 6.06. The Morgan fingerprint density at radius 1 is 1.52 bits per heavy atom. The van der Waals surface area contributed by atoms with Gasteiger partial charge in [0.2, 0.25) is 11.8 Å². The van der Waals surface area contributed by atoms with E-state index in [9.17, 15) is 14.9 Å². The zero-order valence-corrected chi connectivity index (χ0v) is 11.4. The largest absolute Gasteiger partial charge is 0.364 e. The number of primary amides is 1. The van der Waals surface area contributed by atoms with E-state index in [1.807, 2.05) is 6.92 Å². The van der Waals surface area contributed by atoms with E-state index < -0.39 is 10.8 Å². The van der Waals surface area contributed by atoms with Crippen LogP contribution in [0, 0.1) is 17.0 Å². The molecule has 0 unspecified atom stereocenters. The van der Waals surface area contributed by atoms with E-state index >= 15 is 0 Å². The lowest BCUT2D eigenvalue weighted by atomic mass is 10.3. The van der Waals surface area contributed by atoms with Gasteiger partial charge in [0, 0.05) is 12.7 Å². The fourth-order valence-corrected chi connectivity index (χ4v) is 1.74. The monoisotopic (exact) mass is 291 g/mol. The summed E-state index contributed by atoms with van der Waals surface area (Å²) in [6, 6.07) is 1.36. The van der Waals surface area contributed by atoms with Crippen LogP contribution in [0.2, 0.25) is 0 Å². The molecule has 2 rings (SSSR count). The maximum Gasteiger partial charge on any atom is 0.334 e. The summed E-state index contributed by atoms with van der Waals surface area (Å²) >= 11 is 0. The topological polar surface area (TPSA) is 142 Å². The summed E-state index contributed by atoms with van der Waals surface area (Å²) in [7, 11) is 0. The lowest BCUT2D eigenvalue weighted by molar-refractivity contribution is -0.385. The van der Waals surface area contributed by atoms with Crippen LogP contribution in [0.15, 0.2) is 12.3 Å². The van der Waals surface area contributed by atoms with Crippen molar-refractivity contribution in [2.45, 2.75) is 13.8 Å². The highest BCUT2D eigenvalue weighted by atomic mass is 16.6. The number of rotatable bonds is 5. The molecule has 0 aromatic carbocycles. The summed E-state index contributed by atoms with van der Waals surface area (Å²) in [4.78, 5) is 29.8. The summed E-state index contributed by atoms with van der Waals surface area (Å²) in [6.07, 6.45) is 1.38. The molecule has 2 aromatic heterocycles. The highest BCUT2D eigenvalue weighted by Gasteiger charge is 2.24. The minimum Gasteiger partial charge on any atom is -0.364 e. The number of anilines is 1. The van der Waals surface area contributed by atoms with Gasteiger partial charge in [0.1, 0.15) is 11.4 Å². The number of nitro groups is 1. The van der Waals surface area contributed by atoms with E-state index in [2.05, 4.69) is 20.4 Å². The Kier molecular flexibility index (Phi) is 3.78. The van der Waals surface area contributed by atoms with Gasteiger partial charge in [-0.3, -0.25) is 14.9 Å². The van der Waals surface area contributed by atoms with Gasteiger partial charge in [-0.1, -0.05) is 0 Å². The number of aryl methyl sites for hydroxylation is 1. The van der Waals surface area contributed by atoms with Crippen LogP contribution in [-0.4, -0.2) is 37.1 Å². The van der Waals surface area contributed by atoms with Gasteiger partial charge in [-0.25, -0.2) is 9.67 Å². The summed E-state index contributed by atoms with van der Waals surface area (Å²) in [5.41, 5.74) is 5.02. The van der Waals surface area contributed by atoms with E-state index in [1.54, 1.807) is 0 Å². The second-order valence-electron chi connectivity index (χ2n) is 4.10. The fourth-order valence-electron chi connectivity index (χ4n) is 1.74. The third-order valence-electron chi connectivity index (χ3n) is 2.62. The first kappa shape index (κ1) is 14.4. The van der Waals surface area contributed by atoms with Crippen LogP contribution in [-0.2, 0) is 0 Å². The SMILES string of the molecule is CCNc1nc(C)c([N+](=O)[O-])c(-n2ccc(C(N)=O)n2)n1. The Hall–Kier alpha value is -3.04. The second kappa shape index (κ2) is 5.53. The van der Waals surface area contributed by atoms with Crippen molar-refractivity contribution in [3.63, 3.8) is 0 Å². The van der Waals surface area contributed by atoms with E-state index in [1.165, 1.54) is 19.2 Å². The Morgan fingerprint density at radius 3 is 2.76 bits per heavy atom. The molecule has 21 heavy (non-hydrogen) atoms. The molecule has 0 spiro atoms. The molecule has 10 heteroatoms. The number of nitrogens with zero attached hydrogens (tertiary/aromatic N) is 5. The van der Waals surface area contributed by atoms with Gasteiger partial charge in [-0.15, -0.1) is 0 Å². The molecule has 0 atom stereocenters. The third-order valence-corrected chi connectivity index (χ3v) is 2.62. The van der Waals surface area contributed by atoms with Gasteiger partial charge in [-0.05, 0) is 19.9 Å². The van der Waals surface area contributed by atoms with Gasteiger partial charge in [-0.2, -0.15) is 10.1 Å². The quantitative estimate of drug-likeness (QED) is 0.600. The first-order valence-corrected chi connectivity index (χ1v) is 6.06. The van der Waals surface area contributed by atoms with E-state index in [4.69, 9.17) is 5.73 Å². The Morgan fingerprint density at radius 2 is 2.24 bits per heavy atom. The molecular weight excluding hydrogens is 278 g/mol. The molecular formula is C11H13N7O3. The Bertz CT molecular complexity index is 710. The van der Waals surface area contributed by atoms with Crippen LogP contribution in [0.1, 0.15) is 23.1 Å². The van der Waals surface area contributed by atoms with E-state index in [-0.39, 0.29) is 28.8 Å². The molecule has 0 aliphatic rings. The second-order valence-corrected chi connectivity index (χ2v) is 4.10. The molecule has 110 valence electrons. The zero-order chi connectivity index (χ0) is 15.6. The molecule has 0 saturated carbocycles. The third kappa shape index (κ3) is 2.78. The van der Waals surface area contributed by atoms with Gasteiger partial charge in [0.15, 0.2) is 0 Å². The number of carbonyl (C=O) groups excluding carboxylic acids is 1. The maximum atomic E-state index is 11.2. The van der Waals surface area contributed by atoms with Crippen LogP contribution in [0.4, 0.5) is 11.6 Å². The molecule has 0 saturated heterocycles. The Balaban J connectivity index is 2.62. The standard InChI is InChI=1S/C11H13N7O3/c1-3-13-11-14-6(2)8(18(20)21)10(15-11)17-5-4-7(16-17)9(12)19/h4-5H,3H2,1-2H3,(H2,12,19)(H,13,14,15). The van der Waals surface area contributed by atoms with Crippen molar-refractivity contribution in [2.75, 3.05) is 11.9 Å². The minimum atomic E-state index is -0.728. The lowest BCUT2D eigenvalue weighted by Gasteiger charge is -2.07. The molecule has 1 amide bonds. The number of hydrogen-bond donors (Lipinski definition) is 2. The van der Waals surface area contributed by atoms with Crippen LogP contribution in [0.5, 0.6) is 0 Å². The molecule has 0 aliphatic heterocycles. The highest BCUT2D eigenvalue weighted by molar-refractivity contribution is 5.90. The van der Waals surface area contributed by atoms with Crippen molar-refractivity contribution in [2.24, 2.45) is 5.73 Å². The van der Waals surface area contributed by atoms with Gasteiger partial charge < -0.3 is 11.1 Å². The summed E-state index contributed by atoms with van der Waals surface area (Å²) in [5, 5.41) is 18.0. The van der Waals surface area contributed by atoms with Crippen molar-refractivity contribution in [1.29, 1.82) is 0 Å². The minimum absolute atomic E-state index is 0.00874. The van der Waals surface area contributed by atoms with Gasteiger partial charge in [0.05, 0.1) is 4.92 Å². The van der Waals surface area contributed by atoms with Crippen LogP contribution < -0.4 is 11.1 Å². The number of carbonyl (C=O) groups is 1. The molecule has 2 heterocycles. The lowest BCUT2D eigenvalue weighted by Crippen LogP contribution is -2.14. The van der Waals surface area contributed by atoms with Crippen molar-refractivity contribution >= 4 is 17.5 Å². The van der Waals surface area contributed by atoms with E-state index in [0.717, 1.165) is 4.68 Å². The summed E-state index contributed by atoms with van der Waals surface area (Å²) < 4.78 is 1.13.